The summed E-state index contributed by atoms with van der Waals surface area (Å²) in [5.41, 5.74) is 8.02. The number of hydrogen-bond donors (Lipinski definition) is 1. The lowest BCUT2D eigenvalue weighted by Gasteiger charge is -2.16. The number of thiazole rings is 1. The van der Waals surface area contributed by atoms with E-state index in [9.17, 15) is 0 Å². The van der Waals surface area contributed by atoms with Crippen LogP contribution in [0.15, 0.2) is 5.38 Å². The van der Waals surface area contributed by atoms with Gasteiger partial charge in [0.2, 0.25) is 0 Å². The van der Waals surface area contributed by atoms with Crippen molar-refractivity contribution in [1.29, 1.82) is 0 Å². The summed E-state index contributed by atoms with van der Waals surface area (Å²) in [7, 11) is 0. The summed E-state index contributed by atoms with van der Waals surface area (Å²) >= 11 is 3.15. The van der Waals surface area contributed by atoms with Gasteiger partial charge in [-0.05, 0) is 30.8 Å². The lowest BCUT2D eigenvalue weighted by atomic mass is 10.2. The highest BCUT2D eigenvalue weighted by Gasteiger charge is 2.26. The van der Waals surface area contributed by atoms with Gasteiger partial charge >= 0.3 is 0 Å². The van der Waals surface area contributed by atoms with Gasteiger partial charge in [0.25, 0.3) is 0 Å². The summed E-state index contributed by atoms with van der Waals surface area (Å²) in [5, 5.41) is 4.32. The Kier molecular flexibility index (Phi) is 2.99. The maximum Gasteiger partial charge on any atom is 0.148 e. The average Bonchev–Trinajstić information content (AvgIpc) is 2.99. The monoisotopic (exact) mass is 280 g/mol. The van der Waals surface area contributed by atoms with E-state index < -0.39 is 0 Å². The Bertz CT molecular complexity index is 560. The molecular weight excluding hydrogens is 264 g/mol. The van der Waals surface area contributed by atoms with E-state index in [1.54, 1.807) is 11.3 Å². The van der Waals surface area contributed by atoms with Crippen LogP contribution in [-0.4, -0.2) is 22.4 Å². The first-order valence-corrected chi connectivity index (χ1v) is 7.73. The van der Waals surface area contributed by atoms with Gasteiger partial charge in [0.1, 0.15) is 10.8 Å². The molecule has 18 heavy (non-hydrogen) atoms. The smallest absolute Gasteiger partial charge is 0.148 e. The minimum Gasteiger partial charge on any atom is -0.382 e. The Balaban J connectivity index is 2.01. The summed E-state index contributed by atoms with van der Waals surface area (Å²) in [4.78, 5) is 6.94. The fraction of sp³-hybridized carbons (Fsp3) is 0.500. The van der Waals surface area contributed by atoms with E-state index in [1.165, 1.54) is 23.0 Å². The standard InChI is InChI=1S/C12H16N4S2/c1-7-3-4-16(5-7)12-10(11(13)15-18-12)9-6-17-8(2)14-9/h6-7H,3-5H2,1-2H3,(H2,13,15). The fourth-order valence-corrected chi connectivity index (χ4v) is 3.81. The largest absolute Gasteiger partial charge is 0.382 e. The molecule has 1 saturated heterocycles. The molecule has 1 fully saturated rings. The second kappa shape index (κ2) is 4.51. The first-order chi connectivity index (χ1) is 8.65. The van der Waals surface area contributed by atoms with Crippen molar-refractivity contribution in [2.75, 3.05) is 23.7 Å². The van der Waals surface area contributed by atoms with Crippen LogP contribution in [0.5, 0.6) is 0 Å². The highest BCUT2D eigenvalue weighted by molar-refractivity contribution is 7.11. The van der Waals surface area contributed by atoms with E-state index in [1.807, 2.05) is 6.92 Å². The van der Waals surface area contributed by atoms with Gasteiger partial charge in [0.05, 0.1) is 16.3 Å². The fourth-order valence-electron chi connectivity index (χ4n) is 2.35. The van der Waals surface area contributed by atoms with E-state index in [4.69, 9.17) is 5.73 Å². The number of nitrogens with zero attached hydrogens (tertiary/aromatic N) is 3. The first kappa shape index (κ1) is 11.9. The summed E-state index contributed by atoms with van der Waals surface area (Å²) < 4.78 is 4.31. The van der Waals surface area contributed by atoms with Crippen molar-refractivity contribution >= 4 is 33.7 Å². The lowest BCUT2D eigenvalue weighted by Crippen LogP contribution is -2.18. The zero-order chi connectivity index (χ0) is 12.7. The van der Waals surface area contributed by atoms with Crippen molar-refractivity contribution in [2.45, 2.75) is 20.3 Å². The molecule has 2 aromatic heterocycles. The molecule has 0 aliphatic carbocycles. The Morgan fingerprint density at radius 3 is 2.94 bits per heavy atom. The summed E-state index contributed by atoms with van der Waals surface area (Å²) in [6, 6.07) is 0. The second-order valence-corrected chi connectivity index (χ2v) is 6.65. The quantitative estimate of drug-likeness (QED) is 0.918. The zero-order valence-corrected chi connectivity index (χ0v) is 12.1. The van der Waals surface area contributed by atoms with Crippen LogP contribution < -0.4 is 10.6 Å². The molecule has 96 valence electrons. The Morgan fingerprint density at radius 1 is 1.50 bits per heavy atom. The molecule has 1 unspecified atom stereocenters. The van der Waals surface area contributed by atoms with Gasteiger partial charge in [-0.1, -0.05) is 6.92 Å². The molecule has 0 saturated carbocycles. The zero-order valence-electron chi connectivity index (χ0n) is 10.5. The van der Waals surface area contributed by atoms with Crippen molar-refractivity contribution in [3.05, 3.63) is 10.4 Å². The van der Waals surface area contributed by atoms with Gasteiger partial charge in [0, 0.05) is 18.5 Å². The van der Waals surface area contributed by atoms with E-state index in [0.717, 1.165) is 35.3 Å². The average molecular weight is 280 g/mol. The first-order valence-electron chi connectivity index (χ1n) is 6.07. The highest BCUT2D eigenvalue weighted by Crippen LogP contribution is 2.41. The molecule has 1 atom stereocenters. The van der Waals surface area contributed by atoms with Gasteiger partial charge < -0.3 is 10.6 Å². The summed E-state index contributed by atoms with van der Waals surface area (Å²) in [5.74, 6) is 1.36. The molecule has 4 nitrogen and oxygen atoms in total. The summed E-state index contributed by atoms with van der Waals surface area (Å²) in [6.07, 6.45) is 1.24. The van der Waals surface area contributed by atoms with Crippen LogP contribution in [0.25, 0.3) is 11.3 Å². The molecule has 0 bridgehead atoms. The molecule has 3 heterocycles. The van der Waals surface area contributed by atoms with E-state index in [-0.39, 0.29) is 0 Å². The molecule has 0 aromatic carbocycles. The third kappa shape index (κ3) is 1.99. The van der Waals surface area contributed by atoms with E-state index in [2.05, 4.69) is 26.6 Å². The number of anilines is 2. The van der Waals surface area contributed by atoms with Crippen LogP contribution in [-0.2, 0) is 0 Å². The van der Waals surface area contributed by atoms with Gasteiger partial charge in [-0.25, -0.2) is 4.98 Å². The Morgan fingerprint density at radius 2 is 2.33 bits per heavy atom. The predicted octanol–water partition coefficient (Wildman–Crippen LogP) is 3.00. The van der Waals surface area contributed by atoms with Crippen LogP contribution in [0.4, 0.5) is 10.8 Å². The molecule has 0 amide bonds. The normalized spacial score (nSPS) is 19.7. The highest BCUT2D eigenvalue weighted by atomic mass is 32.1. The Labute approximate surface area is 115 Å². The van der Waals surface area contributed by atoms with Crippen LogP contribution in [0, 0.1) is 12.8 Å². The minimum atomic E-state index is 0.611. The van der Waals surface area contributed by atoms with E-state index in [0.29, 0.717) is 5.82 Å². The Hall–Kier alpha value is -1.14. The molecule has 1 aliphatic heterocycles. The van der Waals surface area contributed by atoms with Crippen molar-refractivity contribution < 1.29 is 0 Å². The second-order valence-electron chi connectivity index (χ2n) is 4.84. The molecule has 0 spiro atoms. The van der Waals surface area contributed by atoms with Gasteiger partial charge in [-0.15, -0.1) is 11.3 Å². The predicted molar refractivity (Wildman–Crippen MR) is 78.4 cm³/mol. The maximum absolute atomic E-state index is 6.02. The van der Waals surface area contributed by atoms with Crippen LogP contribution in [0.2, 0.25) is 0 Å². The van der Waals surface area contributed by atoms with Gasteiger partial charge in [0.15, 0.2) is 0 Å². The number of aryl methyl sites for hydroxylation is 1. The molecule has 0 radical (unpaired) electrons. The summed E-state index contributed by atoms with van der Waals surface area (Å²) in [6.45, 7) is 6.50. The molecule has 2 aromatic rings. The molecule has 1 aliphatic rings. The van der Waals surface area contributed by atoms with Crippen LogP contribution >= 0.6 is 22.9 Å². The maximum atomic E-state index is 6.02. The van der Waals surface area contributed by atoms with Crippen molar-refractivity contribution in [1.82, 2.24) is 9.36 Å². The van der Waals surface area contributed by atoms with Crippen LogP contribution in [0.1, 0.15) is 18.4 Å². The van der Waals surface area contributed by atoms with Crippen LogP contribution in [0.3, 0.4) is 0 Å². The molecule has 3 rings (SSSR count). The third-order valence-electron chi connectivity index (χ3n) is 3.29. The van der Waals surface area contributed by atoms with Crippen molar-refractivity contribution in [3.8, 4) is 11.3 Å². The van der Waals surface area contributed by atoms with E-state index >= 15 is 0 Å². The van der Waals surface area contributed by atoms with Crippen molar-refractivity contribution in [2.24, 2.45) is 5.92 Å². The number of hydrogen-bond acceptors (Lipinski definition) is 6. The minimum absolute atomic E-state index is 0.611. The van der Waals surface area contributed by atoms with Gasteiger partial charge in [-0.2, -0.15) is 4.37 Å². The molecular formula is C12H16N4S2. The third-order valence-corrected chi connectivity index (χ3v) is 4.98. The molecule has 2 N–H and O–H groups in total. The number of nitrogen functional groups attached to an aromatic ring is 1. The SMILES string of the molecule is Cc1nc(-c2c(N)nsc2N2CCC(C)C2)cs1. The van der Waals surface area contributed by atoms with Crippen molar-refractivity contribution in [3.63, 3.8) is 0 Å². The molecule has 6 heteroatoms. The number of rotatable bonds is 2. The number of nitrogens with two attached hydrogens (primary N) is 1. The lowest BCUT2D eigenvalue weighted by molar-refractivity contribution is 0.660. The topological polar surface area (TPSA) is 55.0 Å². The van der Waals surface area contributed by atoms with Gasteiger partial charge in [-0.3, -0.25) is 0 Å². The number of aromatic nitrogens is 2.